The first-order valence-electron chi connectivity index (χ1n) is 8.22. The van der Waals surface area contributed by atoms with E-state index in [0.29, 0.717) is 17.5 Å². The van der Waals surface area contributed by atoms with Crippen molar-refractivity contribution in [2.45, 2.75) is 19.0 Å². The third kappa shape index (κ3) is 4.66. The molecule has 1 saturated heterocycles. The van der Waals surface area contributed by atoms with E-state index in [1.54, 1.807) is 36.5 Å². The minimum Gasteiger partial charge on any atom is -0.348 e. The molecule has 136 valence electrons. The van der Waals surface area contributed by atoms with Gasteiger partial charge in [-0.15, -0.1) is 0 Å². The highest BCUT2D eigenvalue weighted by molar-refractivity contribution is 7.91. The van der Waals surface area contributed by atoms with Gasteiger partial charge in [-0.05, 0) is 36.8 Å². The number of nitrogens with zero attached hydrogens (tertiary/aromatic N) is 1. The average molecular weight is 373 g/mol. The van der Waals surface area contributed by atoms with Crippen LogP contribution < -0.4 is 10.6 Å². The van der Waals surface area contributed by atoms with Crippen LogP contribution in [0.1, 0.15) is 32.8 Å². The van der Waals surface area contributed by atoms with Crippen LogP contribution in [0.4, 0.5) is 0 Å². The van der Waals surface area contributed by atoms with Gasteiger partial charge in [-0.1, -0.05) is 12.1 Å². The largest absolute Gasteiger partial charge is 0.348 e. The molecule has 1 aliphatic rings. The SMILES string of the molecule is O=C(NCc1ccccn1)c1cccc(C(=O)NC2CCS(=O)(=O)C2)c1. The predicted molar refractivity (Wildman–Crippen MR) is 96.4 cm³/mol. The second-order valence-corrected chi connectivity index (χ2v) is 8.39. The molecule has 1 aliphatic heterocycles. The summed E-state index contributed by atoms with van der Waals surface area (Å²) in [7, 11) is -3.06. The Hall–Kier alpha value is -2.74. The lowest BCUT2D eigenvalue weighted by molar-refractivity contribution is 0.0941. The van der Waals surface area contributed by atoms with Crippen molar-refractivity contribution in [3.63, 3.8) is 0 Å². The molecule has 7 nitrogen and oxygen atoms in total. The van der Waals surface area contributed by atoms with E-state index in [1.807, 2.05) is 6.07 Å². The maximum absolute atomic E-state index is 12.3. The average Bonchev–Trinajstić information content (AvgIpc) is 2.99. The molecule has 26 heavy (non-hydrogen) atoms. The van der Waals surface area contributed by atoms with Gasteiger partial charge in [0.05, 0.1) is 23.7 Å². The van der Waals surface area contributed by atoms with Crippen molar-refractivity contribution in [2.75, 3.05) is 11.5 Å². The molecule has 1 atom stereocenters. The van der Waals surface area contributed by atoms with Crippen molar-refractivity contribution >= 4 is 21.7 Å². The number of sulfone groups is 1. The normalized spacial score (nSPS) is 18.2. The Kier molecular flexibility index (Phi) is 5.32. The van der Waals surface area contributed by atoms with Crippen molar-refractivity contribution in [2.24, 2.45) is 0 Å². The van der Waals surface area contributed by atoms with Crippen molar-refractivity contribution in [3.8, 4) is 0 Å². The van der Waals surface area contributed by atoms with E-state index in [-0.39, 0.29) is 35.9 Å². The van der Waals surface area contributed by atoms with Crippen molar-refractivity contribution in [1.29, 1.82) is 0 Å². The molecule has 0 bridgehead atoms. The molecule has 1 fully saturated rings. The smallest absolute Gasteiger partial charge is 0.251 e. The van der Waals surface area contributed by atoms with Crippen molar-refractivity contribution in [3.05, 3.63) is 65.5 Å². The quantitative estimate of drug-likeness (QED) is 0.811. The molecule has 0 aliphatic carbocycles. The topological polar surface area (TPSA) is 105 Å². The third-order valence-electron chi connectivity index (χ3n) is 4.11. The molecule has 3 rings (SSSR count). The van der Waals surface area contributed by atoms with Gasteiger partial charge >= 0.3 is 0 Å². The lowest BCUT2D eigenvalue weighted by Crippen LogP contribution is -2.35. The van der Waals surface area contributed by atoms with Gasteiger partial charge in [0, 0.05) is 23.4 Å². The van der Waals surface area contributed by atoms with Crippen LogP contribution in [0.25, 0.3) is 0 Å². The summed E-state index contributed by atoms with van der Waals surface area (Å²) in [6, 6.07) is 11.4. The molecule has 1 aromatic carbocycles. The fraction of sp³-hybridized carbons (Fsp3) is 0.278. The fourth-order valence-corrected chi connectivity index (χ4v) is 4.43. The molecule has 1 unspecified atom stereocenters. The number of pyridine rings is 1. The van der Waals surface area contributed by atoms with Crippen LogP contribution in [-0.4, -0.2) is 42.8 Å². The Labute approximate surface area is 151 Å². The monoisotopic (exact) mass is 373 g/mol. The number of benzene rings is 1. The summed E-state index contributed by atoms with van der Waals surface area (Å²) in [4.78, 5) is 28.7. The lowest BCUT2D eigenvalue weighted by Gasteiger charge is -2.11. The Bertz CT molecular complexity index is 913. The van der Waals surface area contributed by atoms with E-state index in [4.69, 9.17) is 0 Å². The second kappa shape index (κ2) is 7.65. The number of hydrogen-bond donors (Lipinski definition) is 2. The number of nitrogens with one attached hydrogen (secondary N) is 2. The molecule has 8 heteroatoms. The summed E-state index contributed by atoms with van der Waals surface area (Å²) < 4.78 is 23.0. The summed E-state index contributed by atoms with van der Waals surface area (Å²) in [6.07, 6.45) is 2.06. The van der Waals surface area contributed by atoms with Crippen LogP contribution in [0.5, 0.6) is 0 Å². The first-order valence-corrected chi connectivity index (χ1v) is 10.0. The number of rotatable bonds is 5. The van der Waals surface area contributed by atoms with Crippen LogP contribution in [0, 0.1) is 0 Å². The van der Waals surface area contributed by atoms with E-state index < -0.39 is 9.84 Å². The van der Waals surface area contributed by atoms with Gasteiger partial charge in [-0.25, -0.2) is 8.42 Å². The predicted octanol–water partition coefficient (Wildman–Crippen LogP) is 0.928. The molecule has 0 spiro atoms. The Balaban J connectivity index is 1.62. The van der Waals surface area contributed by atoms with E-state index in [9.17, 15) is 18.0 Å². The van der Waals surface area contributed by atoms with Crippen molar-refractivity contribution < 1.29 is 18.0 Å². The number of carbonyl (C=O) groups excluding carboxylic acids is 2. The molecule has 2 heterocycles. The molecule has 2 N–H and O–H groups in total. The van der Waals surface area contributed by atoms with Crippen molar-refractivity contribution in [1.82, 2.24) is 15.6 Å². The van der Waals surface area contributed by atoms with E-state index in [0.717, 1.165) is 5.69 Å². The van der Waals surface area contributed by atoms with E-state index >= 15 is 0 Å². The first-order chi connectivity index (χ1) is 12.4. The van der Waals surface area contributed by atoms with Gasteiger partial charge in [0.1, 0.15) is 0 Å². The number of aromatic nitrogens is 1. The van der Waals surface area contributed by atoms with E-state index in [1.165, 1.54) is 6.07 Å². The minimum absolute atomic E-state index is 0.0387. The molecule has 1 aromatic heterocycles. The molecule has 0 saturated carbocycles. The second-order valence-electron chi connectivity index (χ2n) is 6.16. The highest BCUT2D eigenvalue weighted by Crippen LogP contribution is 2.13. The van der Waals surface area contributed by atoms with E-state index in [2.05, 4.69) is 15.6 Å². The Morgan fingerprint density at radius 3 is 2.50 bits per heavy atom. The number of carbonyl (C=O) groups is 2. The highest BCUT2D eigenvalue weighted by atomic mass is 32.2. The first kappa shape index (κ1) is 18.1. The molecular weight excluding hydrogens is 354 g/mol. The van der Waals surface area contributed by atoms with Crippen LogP contribution >= 0.6 is 0 Å². The zero-order valence-electron chi connectivity index (χ0n) is 14.0. The summed E-state index contributed by atoms with van der Waals surface area (Å²) in [6.45, 7) is 0.288. The van der Waals surface area contributed by atoms with Crippen LogP contribution in [0.2, 0.25) is 0 Å². The zero-order valence-corrected chi connectivity index (χ0v) is 14.8. The number of amides is 2. The van der Waals surface area contributed by atoms with Gasteiger partial charge in [0.15, 0.2) is 9.84 Å². The van der Waals surface area contributed by atoms with Gasteiger partial charge in [-0.2, -0.15) is 0 Å². The molecule has 2 amide bonds. The molecular formula is C18H19N3O4S. The lowest BCUT2D eigenvalue weighted by atomic mass is 10.1. The standard InChI is InChI=1S/C18H19N3O4S/c22-17(20-11-15-6-1-2-8-19-15)13-4-3-5-14(10-13)18(23)21-16-7-9-26(24,25)12-16/h1-6,8,10,16H,7,9,11-12H2,(H,20,22)(H,21,23). The summed E-state index contributed by atoms with van der Waals surface area (Å²) in [5.74, 6) is -0.642. The zero-order chi connectivity index (χ0) is 18.6. The number of hydrogen-bond acceptors (Lipinski definition) is 5. The Morgan fingerprint density at radius 1 is 1.08 bits per heavy atom. The minimum atomic E-state index is -3.06. The summed E-state index contributed by atoms with van der Waals surface area (Å²) in [5.41, 5.74) is 1.41. The molecule has 0 radical (unpaired) electrons. The summed E-state index contributed by atoms with van der Waals surface area (Å²) in [5, 5.41) is 5.47. The highest BCUT2D eigenvalue weighted by Gasteiger charge is 2.29. The van der Waals surface area contributed by atoms with Crippen LogP contribution in [0.3, 0.4) is 0 Å². The van der Waals surface area contributed by atoms with Gasteiger partial charge < -0.3 is 10.6 Å². The van der Waals surface area contributed by atoms with Crippen LogP contribution in [0.15, 0.2) is 48.7 Å². The fourth-order valence-electron chi connectivity index (χ4n) is 2.75. The maximum atomic E-state index is 12.3. The van der Waals surface area contributed by atoms with Gasteiger partial charge in [-0.3, -0.25) is 14.6 Å². The summed E-state index contributed by atoms with van der Waals surface area (Å²) >= 11 is 0. The van der Waals surface area contributed by atoms with Crippen LogP contribution in [-0.2, 0) is 16.4 Å². The molecule has 2 aromatic rings. The van der Waals surface area contributed by atoms with Gasteiger partial charge in [0.2, 0.25) is 0 Å². The maximum Gasteiger partial charge on any atom is 0.251 e. The van der Waals surface area contributed by atoms with Gasteiger partial charge in [0.25, 0.3) is 11.8 Å². The Morgan fingerprint density at radius 2 is 1.85 bits per heavy atom. The third-order valence-corrected chi connectivity index (χ3v) is 5.88.